The van der Waals surface area contributed by atoms with E-state index < -0.39 is 22.0 Å². The molecule has 0 aliphatic carbocycles. The molecule has 9 heteroatoms. The maximum Gasteiger partial charge on any atom is 0.320 e. The number of rotatable bonds is 6. The average Bonchev–Trinajstić information content (AvgIpc) is 2.55. The predicted molar refractivity (Wildman–Crippen MR) is 92.8 cm³/mol. The van der Waals surface area contributed by atoms with Crippen LogP contribution in [-0.2, 0) is 19.6 Å². The quantitative estimate of drug-likeness (QED) is 0.769. The van der Waals surface area contributed by atoms with Gasteiger partial charge in [0, 0.05) is 19.8 Å². The van der Waals surface area contributed by atoms with Gasteiger partial charge in [-0.25, -0.2) is 12.7 Å². The lowest BCUT2D eigenvalue weighted by atomic mass is 10.0. The van der Waals surface area contributed by atoms with Crippen molar-refractivity contribution in [1.82, 2.24) is 9.21 Å². The zero-order valence-electron chi connectivity index (χ0n) is 14.3. The van der Waals surface area contributed by atoms with Crippen LogP contribution in [0.1, 0.15) is 19.3 Å². The normalized spacial score (nSPS) is 18.9. The summed E-state index contributed by atoms with van der Waals surface area (Å²) >= 11 is 0. The van der Waals surface area contributed by atoms with Crippen LogP contribution < -0.4 is 5.32 Å². The van der Waals surface area contributed by atoms with Crippen LogP contribution in [0.5, 0.6) is 0 Å². The molecule has 0 spiro atoms. The molecule has 25 heavy (non-hydrogen) atoms. The Labute approximate surface area is 147 Å². The van der Waals surface area contributed by atoms with E-state index in [1.807, 2.05) is 0 Å². The summed E-state index contributed by atoms with van der Waals surface area (Å²) in [4.78, 5) is 25.2. The molecule has 1 aromatic rings. The first-order valence-corrected chi connectivity index (χ1v) is 9.45. The number of carbonyl (C=O) groups is 2. The van der Waals surface area contributed by atoms with Gasteiger partial charge in [0.05, 0.1) is 11.4 Å². The van der Waals surface area contributed by atoms with Gasteiger partial charge in [0.15, 0.2) is 0 Å². The van der Waals surface area contributed by atoms with Gasteiger partial charge in [0.25, 0.3) is 0 Å². The Hall–Kier alpha value is -1.97. The van der Waals surface area contributed by atoms with E-state index in [1.54, 1.807) is 17.0 Å². The van der Waals surface area contributed by atoms with Gasteiger partial charge in [-0.3, -0.25) is 14.5 Å². The lowest BCUT2D eigenvalue weighted by molar-refractivity contribution is -0.145. The van der Waals surface area contributed by atoms with Crippen molar-refractivity contribution < 1.29 is 23.1 Å². The Morgan fingerprint density at radius 1 is 1.32 bits per heavy atom. The monoisotopic (exact) mass is 369 g/mol. The van der Waals surface area contributed by atoms with Crippen LogP contribution >= 0.6 is 0 Å². The third kappa shape index (κ3) is 4.77. The first kappa shape index (κ1) is 19.4. The lowest BCUT2D eigenvalue weighted by Gasteiger charge is -2.32. The van der Waals surface area contributed by atoms with Gasteiger partial charge in [0.2, 0.25) is 15.9 Å². The topological polar surface area (TPSA) is 107 Å². The zero-order chi connectivity index (χ0) is 18.6. The maximum atomic E-state index is 12.2. The number of nitrogens with zero attached hydrogens (tertiary/aromatic N) is 2. The number of carbonyl (C=O) groups excluding carboxylic acids is 1. The van der Waals surface area contributed by atoms with Crippen LogP contribution in [0.2, 0.25) is 0 Å². The first-order chi connectivity index (χ1) is 11.7. The molecular formula is C16H23N3O5S. The van der Waals surface area contributed by atoms with Crippen molar-refractivity contribution in [2.45, 2.75) is 30.2 Å². The Kier molecular flexibility index (Phi) is 6.15. The summed E-state index contributed by atoms with van der Waals surface area (Å²) in [5, 5.41) is 11.9. The van der Waals surface area contributed by atoms with Crippen LogP contribution in [-0.4, -0.2) is 67.8 Å². The summed E-state index contributed by atoms with van der Waals surface area (Å²) in [6.45, 7) is 0.515. The van der Waals surface area contributed by atoms with E-state index >= 15 is 0 Å². The highest BCUT2D eigenvalue weighted by Gasteiger charge is 2.29. The molecule has 1 atom stereocenters. The van der Waals surface area contributed by atoms with Crippen molar-refractivity contribution in [3.63, 3.8) is 0 Å². The van der Waals surface area contributed by atoms with Crippen molar-refractivity contribution in [3.8, 4) is 0 Å². The molecule has 1 aliphatic heterocycles. The molecule has 2 N–H and O–H groups in total. The summed E-state index contributed by atoms with van der Waals surface area (Å²) in [7, 11) is -0.721. The van der Waals surface area contributed by atoms with Gasteiger partial charge < -0.3 is 10.4 Å². The van der Waals surface area contributed by atoms with Crippen LogP contribution in [0.3, 0.4) is 0 Å². The summed E-state index contributed by atoms with van der Waals surface area (Å²) in [6, 6.07) is 5.33. The maximum absolute atomic E-state index is 12.2. The summed E-state index contributed by atoms with van der Waals surface area (Å²) in [5.41, 5.74) is 0.358. The molecule has 138 valence electrons. The molecule has 1 saturated heterocycles. The van der Waals surface area contributed by atoms with E-state index in [0.717, 1.165) is 17.1 Å². The van der Waals surface area contributed by atoms with Crippen LogP contribution in [0.15, 0.2) is 29.2 Å². The first-order valence-electron chi connectivity index (χ1n) is 8.01. The number of carboxylic acids is 1. The number of hydrogen-bond donors (Lipinski definition) is 2. The molecule has 1 aliphatic rings. The number of likely N-dealkylation sites (tertiary alicyclic amines) is 1. The molecule has 0 bridgehead atoms. The number of benzene rings is 1. The second kappa shape index (κ2) is 7.94. The standard InChI is InChI=1S/C16H23N3O5S/c1-18(2)25(23,24)13-7-5-6-12(10-13)17-15(20)11-19-9-4-3-8-14(19)16(21)22/h5-7,10,14H,3-4,8-9,11H2,1-2H3,(H,17,20)(H,21,22). The van der Waals surface area contributed by atoms with E-state index in [4.69, 9.17) is 0 Å². The third-order valence-electron chi connectivity index (χ3n) is 4.14. The number of anilines is 1. The van der Waals surface area contributed by atoms with E-state index in [9.17, 15) is 23.1 Å². The fourth-order valence-corrected chi connectivity index (χ4v) is 3.74. The predicted octanol–water partition coefficient (Wildman–Crippen LogP) is 0.815. The van der Waals surface area contributed by atoms with Gasteiger partial charge in [-0.05, 0) is 37.6 Å². The number of piperidine rings is 1. The van der Waals surface area contributed by atoms with Crippen LogP contribution in [0.25, 0.3) is 0 Å². The fraction of sp³-hybridized carbons (Fsp3) is 0.500. The summed E-state index contributed by atoms with van der Waals surface area (Å²) in [5.74, 6) is -1.29. The zero-order valence-corrected chi connectivity index (χ0v) is 15.1. The number of nitrogens with one attached hydrogen (secondary N) is 1. The minimum absolute atomic E-state index is 0.0401. The van der Waals surface area contributed by atoms with E-state index in [2.05, 4.69) is 5.32 Å². The number of amides is 1. The Bertz CT molecular complexity index is 748. The van der Waals surface area contributed by atoms with Gasteiger partial charge in [-0.15, -0.1) is 0 Å². The molecule has 8 nitrogen and oxygen atoms in total. The van der Waals surface area contributed by atoms with Crippen molar-refractivity contribution in [2.24, 2.45) is 0 Å². The molecule has 0 radical (unpaired) electrons. The second-order valence-electron chi connectivity index (χ2n) is 6.18. The molecule has 1 heterocycles. The van der Waals surface area contributed by atoms with Crippen molar-refractivity contribution in [2.75, 3.05) is 32.5 Å². The van der Waals surface area contributed by atoms with E-state index in [-0.39, 0.29) is 17.3 Å². The van der Waals surface area contributed by atoms with Gasteiger partial charge >= 0.3 is 5.97 Å². The SMILES string of the molecule is CN(C)S(=O)(=O)c1cccc(NC(=O)CN2CCCCC2C(=O)O)c1. The Balaban J connectivity index is 2.07. The second-order valence-corrected chi connectivity index (χ2v) is 8.34. The van der Waals surface area contributed by atoms with Crippen LogP contribution in [0, 0.1) is 0 Å². The molecule has 1 fully saturated rings. The van der Waals surface area contributed by atoms with E-state index in [1.165, 1.54) is 26.2 Å². The lowest BCUT2D eigenvalue weighted by Crippen LogP contribution is -2.47. The Morgan fingerprint density at radius 2 is 2.04 bits per heavy atom. The summed E-state index contributed by atoms with van der Waals surface area (Å²) in [6.07, 6.45) is 2.21. The highest BCUT2D eigenvalue weighted by atomic mass is 32.2. The van der Waals surface area contributed by atoms with Gasteiger partial charge in [0.1, 0.15) is 6.04 Å². The highest BCUT2D eigenvalue weighted by Crippen LogP contribution is 2.19. The van der Waals surface area contributed by atoms with Crippen molar-refractivity contribution in [1.29, 1.82) is 0 Å². The molecule has 1 amide bonds. The average molecular weight is 369 g/mol. The number of carboxylic acid groups (broad SMARTS) is 1. The molecule has 1 aromatic carbocycles. The van der Waals surface area contributed by atoms with E-state index in [0.29, 0.717) is 18.7 Å². The van der Waals surface area contributed by atoms with Gasteiger partial charge in [-0.1, -0.05) is 12.5 Å². The molecule has 1 unspecified atom stereocenters. The van der Waals surface area contributed by atoms with Crippen LogP contribution in [0.4, 0.5) is 5.69 Å². The molecule has 2 rings (SSSR count). The largest absolute Gasteiger partial charge is 0.480 e. The van der Waals surface area contributed by atoms with Crippen molar-refractivity contribution >= 4 is 27.6 Å². The number of aliphatic carboxylic acids is 1. The fourth-order valence-electron chi connectivity index (χ4n) is 2.79. The minimum Gasteiger partial charge on any atom is -0.480 e. The van der Waals surface area contributed by atoms with Crippen molar-refractivity contribution in [3.05, 3.63) is 24.3 Å². The third-order valence-corrected chi connectivity index (χ3v) is 5.95. The number of hydrogen-bond acceptors (Lipinski definition) is 5. The molecular weight excluding hydrogens is 346 g/mol. The minimum atomic E-state index is -3.59. The highest BCUT2D eigenvalue weighted by molar-refractivity contribution is 7.89. The molecule has 0 aromatic heterocycles. The molecule has 0 saturated carbocycles. The summed E-state index contributed by atoms with van der Waals surface area (Å²) < 4.78 is 25.4. The van der Waals surface area contributed by atoms with Gasteiger partial charge in [-0.2, -0.15) is 0 Å². The Morgan fingerprint density at radius 3 is 2.68 bits per heavy atom. The number of sulfonamides is 1. The smallest absolute Gasteiger partial charge is 0.320 e.